The van der Waals surface area contributed by atoms with Gasteiger partial charge in [0.25, 0.3) is 5.91 Å². The van der Waals surface area contributed by atoms with Crippen LogP contribution in [0.1, 0.15) is 26.2 Å². The Morgan fingerprint density at radius 2 is 1.76 bits per heavy atom. The van der Waals surface area contributed by atoms with Gasteiger partial charge in [-0.3, -0.25) is 4.79 Å². The molecular formula is C30H33NO6. The van der Waals surface area contributed by atoms with Gasteiger partial charge < -0.3 is 29.0 Å². The smallest absolute Gasteiger partial charge is 0.291 e. The van der Waals surface area contributed by atoms with E-state index in [1.165, 1.54) is 0 Å². The molecule has 4 rings (SSSR count). The molecule has 0 saturated carbocycles. The number of hydrogen-bond donors (Lipinski definition) is 1. The molecule has 1 fully saturated rings. The third-order valence-corrected chi connectivity index (χ3v) is 5.88. The van der Waals surface area contributed by atoms with Crippen molar-refractivity contribution in [2.45, 2.75) is 32.5 Å². The second-order valence-electron chi connectivity index (χ2n) is 8.48. The molecule has 1 amide bonds. The van der Waals surface area contributed by atoms with Gasteiger partial charge in [0, 0.05) is 18.4 Å². The van der Waals surface area contributed by atoms with Gasteiger partial charge >= 0.3 is 0 Å². The number of ether oxygens (including phenoxy) is 5. The molecule has 1 heterocycles. The number of carbonyl (C=O) groups is 1. The van der Waals surface area contributed by atoms with E-state index in [0.29, 0.717) is 36.1 Å². The fourth-order valence-electron chi connectivity index (χ4n) is 3.94. The predicted molar refractivity (Wildman–Crippen MR) is 143 cm³/mol. The molecule has 0 bridgehead atoms. The molecule has 37 heavy (non-hydrogen) atoms. The summed E-state index contributed by atoms with van der Waals surface area (Å²) in [6, 6.07) is 22.9. The van der Waals surface area contributed by atoms with Crippen molar-refractivity contribution in [1.29, 1.82) is 0 Å². The zero-order valence-electron chi connectivity index (χ0n) is 21.3. The molecule has 1 atom stereocenters. The van der Waals surface area contributed by atoms with Crippen LogP contribution >= 0.6 is 0 Å². The van der Waals surface area contributed by atoms with Crippen LogP contribution < -0.4 is 19.5 Å². The zero-order chi connectivity index (χ0) is 25.9. The van der Waals surface area contributed by atoms with E-state index in [1.54, 1.807) is 38.3 Å². The molecule has 1 unspecified atom stereocenters. The molecule has 1 saturated heterocycles. The van der Waals surface area contributed by atoms with E-state index in [4.69, 9.17) is 23.7 Å². The standard InChI is InChI=1S/C30H33NO6/c1-3-26(37-25-15-12-23(13-16-25)22-9-5-4-6-10-22)30(32)31-24-14-17-27(28(21-24)33-2)34-19-20-36-29-11-7-8-18-35-29/h3-6,9-10,12-17,21,29H,7-8,11,18-20H2,1-2H3,(H,31,32). The molecule has 0 radical (unpaired) electrons. The van der Waals surface area contributed by atoms with E-state index in [-0.39, 0.29) is 18.0 Å². The lowest BCUT2D eigenvalue weighted by molar-refractivity contribution is -0.165. The Morgan fingerprint density at radius 3 is 2.46 bits per heavy atom. The van der Waals surface area contributed by atoms with Gasteiger partial charge in [-0.1, -0.05) is 42.5 Å². The number of carbonyl (C=O) groups excluding carboxylic acids is 1. The number of anilines is 1. The van der Waals surface area contributed by atoms with Crippen LogP contribution in [-0.4, -0.2) is 39.1 Å². The molecule has 3 aromatic carbocycles. The largest absolute Gasteiger partial charge is 0.493 e. The highest BCUT2D eigenvalue weighted by Gasteiger charge is 2.15. The molecule has 3 aromatic rings. The quantitative estimate of drug-likeness (QED) is 0.191. The van der Waals surface area contributed by atoms with Crippen LogP contribution in [0.25, 0.3) is 11.1 Å². The van der Waals surface area contributed by atoms with Gasteiger partial charge in [-0.05, 0) is 67.7 Å². The number of allylic oxidation sites excluding steroid dienone is 1. The number of hydrogen-bond acceptors (Lipinski definition) is 6. The lowest BCUT2D eigenvalue weighted by Crippen LogP contribution is -2.24. The van der Waals surface area contributed by atoms with Crippen LogP contribution in [0.2, 0.25) is 0 Å². The molecule has 0 aromatic heterocycles. The maximum Gasteiger partial charge on any atom is 0.291 e. The van der Waals surface area contributed by atoms with E-state index in [1.807, 2.05) is 54.6 Å². The van der Waals surface area contributed by atoms with Crippen molar-refractivity contribution >= 4 is 11.6 Å². The average molecular weight is 504 g/mol. The summed E-state index contributed by atoms with van der Waals surface area (Å²) in [4.78, 5) is 12.9. The normalized spacial score (nSPS) is 15.6. The minimum Gasteiger partial charge on any atom is -0.493 e. The maximum atomic E-state index is 12.9. The summed E-state index contributed by atoms with van der Waals surface area (Å²) in [5.74, 6) is 1.46. The number of nitrogens with one attached hydrogen (secondary N) is 1. The molecule has 0 aliphatic carbocycles. The Morgan fingerprint density at radius 1 is 0.973 bits per heavy atom. The fraction of sp³-hybridized carbons (Fsp3) is 0.300. The van der Waals surface area contributed by atoms with E-state index < -0.39 is 0 Å². The first-order chi connectivity index (χ1) is 18.2. The van der Waals surface area contributed by atoms with Crippen molar-refractivity contribution in [2.75, 3.05) is 32.2 Å². The highest BCUT2D eigenvalue weighted by atomic mass is 16.7. The Labute approximate surface area is 218 Å². The van der Waals surface area contributed by atoms with Crippen LogP contribution in [0.4, 0.5) is 5.69 Å². The van der Waals surface area contributed by atoms with Gasteiger partial charge in [0.05, 0.1) is 13.7 Å². The number of amides is 1. The molecule has 194 valence electrons. The second-order valence-corrected chi connectivity index (χ2v) is 8.48. The number of rotatable bonds is 11. The van der Waals surface area contributed by atoms with Crippen LogP contribution in [0.15, 0.2) is 84.6 Å². The number of methoxy groups -OCH3 is 1. The van der Waals surface area contributed by atoms with Crippen LogP contribution in [0, 0.1) is 0 Å². The maximum absolute atomic E-state index is 12.9. The highest BCUT2D eigenvalue weighted by Crippen LogP contribution is 2.31. The summed E-state index contributed by atoms with van der Waals surface area (Å²) in [5, 5.41) is 2.85. The van der Waals surface area contributed by atoms with Gasteiger partial charge in [-0.2, -0.15) is 0 Å². The minimum absolute atomic E-state index is 0.151. The second kappa shape index (κ2) is 13.5. The summed E-state index contributed by atoms with van der Waals surface area (Å²) >= 11 is 0. The van der Waals surface area contributed by atoms with Gasteiger partial charge in [0.1, 0.15) is 12.4 Å². The van der Waals surface area contributed by atoms with E-state index >= 15 is 0 Å². The van der Waals surface area contributed by atoms with Crippen molar-refractivity contribution in [3.63, 3.8) is 0 Å². The van der Waals surface area contributed by atoms with Gasteiger partial charge in [-0.15, -0.1) is 0 Å². The minimum atomic E-state index is -0.369. The molecule has 1 N–H and O–H groups in total. The SMILES string of the molecule is CC=C(Oc1ccc(-c2ccccc2)cc1)C(=O)Nc1ccc(OCCOC2CCCCO2)c(OC)c1. The molecule has 0 spiro atoms. The zero-order valence-corrected chi connectivity index (χ0v) is 21.3. The summed E-state index contributed by atoms with van der Waals surface area (Å²) in [6.45, 7) is 3.28. The lowest BCUT2D eigenvalue weighted by Gasteiger charge is -2.22. The van der Waals surface area contributed by atoms with E-state index in [0.717, 1.165) is 37.0 Å². The van der Waals surface area contributed by atoms with Crippen molar-refractivity contribution in [2.24, 2.45) is 0 Å². The van der Waals surface area contributed by atoms with Gasteiger partial charge in [0.15, 0.2) is 23.5 Å². The molecular weight excluding hydrogens is 470 g/mol. The third-order valence-electron chi connectivity index (χ3n) is 5.88. The Hall–Kier alpha value is -3.81. The lowest BCUT2D eigenvalue weighted by atomic mass is 10.1. The Kier molecular flexibility index (Phi) is 9.57. The Bertz CT molecular complexity index is 1170. The summed E-state index contributed by atoms with van der Waals surface area (Å²) in [6.07, 6.45) is 4.59. The topological polar surface area (TPSA) is 75.3 Å². The van der Waals surface area contributed by atoms with Crippen LogP contribution in [0.3, 0.4) is 0 Å². The first-order valence-electron chi connectivity index (χ1n) is 12.5. The first kappa shape index (κ1) is 26.3. The molecule has 1 aliphatic rings. The highest BCUT2D eigenvalue weighted by molar-refractivity contribution is 6.02. The third kappa shape index (κ3) is 7.59. The van der Waals surface area contributed by atoms with E-state index in [9.17, 15) is 4.79 Å². The Balaban J connectivity index is 1.30. The summed E-state index contributed by atoms with van der Waals surface area (Å²) in [7, 11) is 1.56. The van der Waals surface area contributed by atoms with Gasteiger partial charge in [-0.25, -0.2) is 0 Å². The fourth-order valence-corrected chi connectivity index (χ4v) is 3.94. The van der Waals surface area contributed by atoms with Crippen molar-refractivity contribution in [3.8, 4) is 28.4 Å². The number of benzene rings is 3. The van der Waals surface area contributed by atoms with Gasteiger partial charge in [0.2, 0.25) is 0 Å². The van der Waals surface area contributed by atoms with E-state index in [2.05, 4.69) is 5.32 Å². The summed E-state index contributed by atoms with van der Waals surface area (Å²) in [5.41, 5.74) is 2.75. The molecule has 7 heteroatoms. The van der Waals surface area contributed by atoms with Crippen molar-refractivity contribution in [3.05, 3.63) is 84.6 Å². The predicted octanol–water partition coefficient (Wildman–Crippen LogP) is 6.21. The van der Waals surface area contributed by atoms with Crippen molar-refractivity contribution < 1.29 is 28.5 Å². The summed E-state index contributed by atoms with van der Waals surface area (Å²) < 4.78 is 28.4. The first-order valence-corrected chi connectivity index (χ1v) is 12.5. The van der Waals surface area contributed by atoms with Crippen molar-refractivity contribution in [1.82, 2.24) is 0 Å². The average Bonchev–Trinajstić information content (AvgIpc) is 2.95. The molecule has 1 aliphatic heterocycles. The monoisotopic (exact) mass is 503 g/mol. The molecule has 7 nitrogen and oxygen atoms in total. The van der Waals surface area contributed by atoms with Crippen LogP contribution in [-0.2, 0) is 14.3 Å². The van der Waals surface area contributed by atoms with Crippen LogP contribution in [0.5, 0.6) is 17.2 Å².